The van der Waals surface area contributed by atoms with Crippen molar-refractivity contribution in [3.05, 3.63) is 0 Å². The molecule has 110 valence electrons. The number of likely N-dealkylation sites (tertiary alicyclic amines) is 1. The van der Waals surface area contributed by atoms with Gasteiger partial charge in [-0.1, -0.05) is 0 Å². The van der Waals surface area contributed by atoms with E-state index >= 15 is 0 Å². The molecule has 0 aliphatic carbocycles. The number of nitrogens with one attached hydrogen (secondary N) is 1. The molecule has 0 aromatic carbocycles. The van der Waals surface area contributed by atoms with Crippen molar-refractivity contribution in [3.63, 3.8) is 0 Å². The Morgan fingerprint density at radius 2 is 2.05 bits per heavy atom. The molecule has 2 saturated heterocycles. The second-order valence-corrected chi connectivity index (χ2v) is 6.94. The summed E-state index contributed by atoms with van der Waals surface area (Å²) in [5.41, 5.74) is -0.267. The van der Waals surface area contributed by atoms with E-state index < -0.39 is 0 Å². The van der Waals surface area contributed by atoms with Gasteiger partial charge in [0, 0.05) is 38.3 Å². The molecule has 0 bridgehead atoms. The van der Waals surface area contributed by atoms with Crippen LogP contribution < -0.4 is 5.32 Å². The van der Waals surface area contributed by atoms with Gasteiger partial charge in [0.15, 0.2) is 0 Å². The lowest BCUT2D eigenvalue weighted by Crippen LogP contribution is -2.54. The summed E-state index contributed by atoms with van der Waals surface area (Å²) < 4.78 is 0. The quantitative estimate of drug-likeness (QED) is 0.819. The van der Waals surface area contributed by atoms with E-state index in [9.17, 15) is 4.79 Å². The lowest BCUT2D eigenvalue weighted by Gasteiger charge is -2.42. The van der Waals surface area contributed by atoms with Crippen LogP contribution in [0, 0.1) is 5.41 Å². The summed E-state index contributed by atoms with van der Waals surface area (Å²) in [6, 6.07) is 0.985. The first-order chi connectivity index (χ1) is 8.92. The Morgan fingerprint density at radius 1 is 1.32 bits per heavy atom. The standard InChI is InChI=1S/C15H29N3O/c1-12(2)17-8-5-6-13(10-17)18-9-7-16-11-15(3,4)14(18)19/h12-13,16H,5-11H2,1-4H3. The van der Waals surface area contributed by atoms with Crippen LogP contribution >= 0.6 is 0 Å². The van der Waals surface area contributed by atoms with Gasteiger partial charge in [-0.2, -0.15) is 0 Å². The summed E-state index contributed by atoms with van der Waals surface area (Å²) in [5, 5.41) is 3.39. The maximum absolute atomic E-state index is 12.7. The van der Waals surface area contributed by atoms with Crippen molar-refractivity contribution in [2.24, 2.45) is 5.41 Å². The fourth-order valence-electron chi connectivity index (χ4n) is 3.22. The van der Waals surface area contributed by atoms with Crippen LogP contribution in [0.25, 0.3) is 0 Å². The van der Waals surface area contributed by atoms with Gasteiger partial charge in [0.1, 0.15) is 0 Å². The fraction of sp³-hybridized carbons (Fsp3) is 0.933. The first kappa shape index (κ1) is 14.8. The molecule has 4 nitrogen and oxygen atoms in total. The van der Waals surface area contributed by atoms with Gasteiger partial charge in [0.2, 0.25) is 5.91 Å². The van der Waals surface area contributed by atoms with Crippen molar-refractivity contribution >= 4 is 5.91 Å². The normalized spacial score (nSPS) is 29.6. The lowest BCUT2D eigenvalue weighted by molar-refractivity contribution is -0.142. The molecule has 0 aromatic heterocycles. The fourth-order valence-corrected chi connectivity index (χ4v) is 3.22. The van der Waals surface area contributed by atoms with Crippen LogP contribution in [-0.2, 0) is 4.79 Å². The Hall–Kier alpha value is -0.610. The maximum atomic E-state index is 12.7. The second kappa shape index (κ2) is 5.80. The number of hydrogen-bond acceptors (Lipinski definition) is 3. The van der Waals surface area contributed by atoms with Gasteiger partial charge in [0.25, 0.3) is 0 Å². The molecule has 0 aromatic rings. The van der Waals surface area contributed by atoms with E-state index in [-0.39, 0.29) is 5.41 Å². The topological polar surface area (TPSA) is 35.6 Å². The number of piperidine rings is 1. The minimum Gasteiger partial charge on any atom is -0.337 e. The number of hydrogen-bond donors (Lipinski definition) is 1. The van der Waals surface area contributed by atoms with Crippen LogP contribution in [0.2, 0.25) is 0 Å². The molecule has 2 rings (SSSR count). The van der Waals surface area contributed by atoms with Crippen LogP contribution in [-0.4, -0.2) is 60.5 Å². The number of rotatable bonds is 2. The molecule has 2 aliphatic rings. The Morgan fingerprint density at radius 3 is 2.74 bits per heavy atom. The van der Waals surface area contributed by atoms with E-state index in [0.717, 1.165) is 32.6 Å². The van der Waals surface area contributed by atoms with E-state index in [1.165, 1.54) is 13.0 Å². The van der Waals surface area contributed by atoms with E-state index in [2.05, 4.69) is 42.8 Å². The Labute approximate surface area is 117 Å². The average molecular weight is 267 g/mol. The van der Waals surface area contributed by atoms with Crippen molar-refractivity contribution in [3.8, 4) is 0 Å². The Balaban J connectivity index is 2.08. The number of carbonyl (C=O) groups excluding carboxylic acids is 1. The van der Waals surface area contributed by atoms with E-state index in [0.29, 0.717) is 18.0 Å². The molecule has 1 unspecified atom stereocenters. The molecule has 1 atom stereocenters. The number of amides is 1. The molecule has 19 heavy (non-hydrogen) atoms. The van der Waals surface area contributed by atoms with Crippen LogP contribution in [0.4, 0.5) is 0 Å². The molecular weight excluding hydrogens is 238 g/mol. The predicted molar refractivity (Wildman–Crippen MR) is 78.1 cm³/mol. The van der Waals surface area contributed by atoms with E-state index in [1.54, 1.807) is 0 Å². The monoisotopic (exact) mass is 267 g/mol. The van der Waals surface area contributed by atoms with Crippen LogP contribution in [0.1, 0.15) is 40.5 Å². The molecule has 2 aliphatic heterocycles. The summed E-state index contributed by atoms with van der Waals surface area (Å²) in [6.45, 7) is 13.4. The van der Waals surface area contributed by atoms with Crippen molar-refractivity contribution in [1.82, 2.24) is 15.1 Å². The lowest BCUT2D eigenvalue weighted by atomic mass is 9.90. The smallest absolute Gasteiger partial charge is 0.229 e. The van der Waals surface area contributed by atoms with Gasteiger partial charge < -0.3 is 10.2 Å². The summed E-state index contributed by atoms with van der Waals surface area (Å²) in [6.07, 6.45) is 2.37. The first-order valence-corrected chi connectivity index (χ1v) is 7.67. The predicted octanol–water partition coefficient (Wildman–Crippen LogP) is 1.32. The van der Waals surface area contributed by atoms with Gasteiger partial charge >= 0.3 is 0 Å². The van der Waals surface area contributed by atoms with Crippen LogP contribution in [0.3, 0.4) is 0 Å². The minimum atomic E-state index is -0.267. The van der Waals surface area contributed by atoms with Crippen molar-refractivity contribution in [2.45, 2.75) is 52.6 Å². The highest BCUT2D eigenvalue weighted by Gasteiger charge is 2.38. The highest BCUT2D eigenvalue weighted by Crippen LogP contribution is 2.25. The summed E-state index contributed by atoms with van der Waals surface area (Å²) in [7, 11) is 0. The SMILES string of the molecule is CC(C)N1CCCC(N2CCNCC(C)(C)C2=O)C1. The molecule has 1 amide bonds. The molecule has 4 heteroatoms. The van der Waals surface area contributed by atoms with Gasteiger partial charge in [-0.15, -0.1) is 0 Å². The zero-order valence-corrected chi connectivity index (χ0v) is 12.9. The summed E-state index contributed by atoms with van der Waals surface area (Å²) in [4.78, 5) is 17.4. The highest BCUT2D eigenvalue weighted by atomic mass is 16.2. The highest BCUT2D eigenvalue weighted by molar-refractivity contribution is 5.82. The molecule has 0 saturated carbocycles. The third-order valence-electron chi connectivity index (χ3n) is 4.54. The zero-order chi connectivity index (χ0) is 14.0. The molecule has 2 heterocycles. The average Bonchev–Trinajstić information content (AvgIpc) is 2.50. The van der Waals surface area contributed by atoms with E-state index in [4.69, 9.17) is 0 Å². The Bertz CT molecular complexity index is 327. The Kier molecular flexibility index (Phi) is 4.51. The number of carbonyl (C=O) groups is 1. The number of nitrogens with zero attached hydrogens (tertiary/aromatic N) is 2. The maximum Gasteiger partial charge on any atom is 0.229 e. The van der Waals surface area contributed by atoms with Gasteiger partial charge in [-0.05, 0) is 47.1 Å². The van der Waals surface area contributed by atoms with E-state index in [1.807, 2.05) is 0 Å². The van der Waals surface area contributed by atoms with Crippen LogP contribution in [0.15, 0.2) is 0 Å². The molecule has 2 fully saturated rings. The second-order valence-electron chi connectivity index (χ2n) is 6.94. The summed E-state index contributed by atoms with van der Waals surface area (Å²) >= 11 is 0. The molecule has 1 N–H and O–H groups in total. The van der Waals surface area contributed by atoms with Gasteiger partial charge in [-0.3, -0.25) is 9.69 Å². The largest absolute Gasteiger partial charge is 0.337 e. The van der Waals surface area contributed by atoms with Crippen molar-refractivity contribution < 1.29 is 4.79 Å². The third-order valence-corrected chi connectivity index (χ3v) is 4.54. The van der Waals surface area contributed by atoms with Crippen molar-refractivity contribution in [2.75, 3.05) is 32.7 Å². The first-order valence-electron chi connectivity index (χ1n) is 7.67. The van der Waals surface area contributed by atoms with Crippen LogP contribution in [0.5, 0.6) is 0 Å². The zero-order valence-electron chi connectivity index (χ0n) is 12.9. The molecular formula is C15H29N3O. The minimum absolute atomic E-state index is 0.267. The van der Waals surface area contributed by atoms with Gasteiger partial charge in [0.05, 0.1) is 5.41 Å². The summed E-state index contributed by atoms with van der Waals surface area (Å²) in [5.74, 6) is 0.327. The van der Waals surface area contributed by atoms with Gasteiger partial charge in [-0.25, -0.2) is 0 Å². The molecule has 0 spiro atoms. The molecule has 0 radical (unpaired) electrons. The third kappa shape index (κ3) is 3.29. The van der Waals surface area contributed by atoms with Crippen molar-refractivity contribution in [1.29, 1.82) is 0 Å².